The Morgan fingerprint density at radius 1 is 1.05 bits per heavy atom. The van der Waals surface area contributed by atoms with E-state index in [1.807, 2.05) is 42.5 Å². The van der Waals surface area contributed by atoms with E-state index in [1.165, 1.54) is 5.56 Å². The summed E-state index contributed by atoms with van der Waals surface area (Å²) < 4.78 is 11.0. The lowest BCUT2D eigenvalue weighted by Crippen LogP contribution is -2.03. The molecule has 0 atom stereocenters. The molecule has 0 bridgehead atoms. The number of carbonyl (C=O) groups excluding carboxylic acids is 1. The fourth-order valence-corrected chi connectivity index (χ4v) is 2.66. The van der Waals surface area contributed by atoms with Crippen LogP contribution in [0.25, 0.3) is 0 Å². The first-order chi connectivity index (χ1) is 10.3. The van der Waals surface area contributed by atoms with E-state index in [4.69, 9.17) is 9.47 Å². The Kier molecular flexibility index (Phi) is 3.91. The van der Waals surface area contributed by atoms with Crippen molar-refractivity contribution in [3.63, 3.8) is 0 Å². The van der Waals surface area contributed by atoms with Crippen molar-refractivity contribution in [2.45, 2.75) is 19.3 Å². The zero-order chi connectivity index (χ0) is 14.7. The van der Waals surface area contributed by atoms with E-state index in [-0.39, 0.29) is 5.78 Å². The van der Waals surface area contributed by atoms with Crippen molar-refractivity contribution >= 4 is 5.78 Å². The third-order valence-electron chi connectivity index (χ3n) is 3.84. The van der Waals surface area contributed by atoms with Gasteiger partial charge < -0.3 is 9.47 Å². The van der Waals surface area contributed by atoms with Gasteiger partial charge in [-0.25, -0.2) is 0 Å². The van der Waals surface area contributed by atoms with Crippen LogP contribution in [0.15, 0.2) is 42.5 Å². The van der Waals surface area contributed by atoms with Gasteiger partial charge in [-0.15, -0.1) is 0 Å². The maximum Gasteiger partial charge on any atom is 0.163 e. The van der Waals surface area contributed by atoms with Crippen LogP contribution in [0, 0.1) is 0 Å². The van der Waals surface area contributed by atoms with Crippen LogP contribution in [0.4, 0.5) is 0 Å². The smallest absolute Gasteiger partial charge is 0.163 e. The normalized spacial score (nSPS) is 13.1. The third kappa shape index (κ3) is 2.92. The number of ketones is 1. The molecule has 3 heteroatoms. The Hall–Kier alpha value is -2.29. The molecule has 0 unspecified atom stereocenters. The van der Waals surface area contributed by atoms with Crippen molar-refractivity contribution in [3.8, 4) is 11.5 Å². The predicted octanol–water partition coefficient (Wildman–Crippen LogP) is 3.45. The topological polar surface area (TPSA) is 35.5 Å². The quantitative estimate of drug-likeness (QED) is 0.842. The molecule has 3 rings (SSSR count). The van der Waals surface area contributed by atoms with Crippen LogP contribution in [0.5, 0.6) is 11.5 Å². The van der Waals surface area contributed by atoms with Gasteiger partial charge in [0.2, 0.25) is 0 Å². The van der Waals surface area contributed by atoms with E-state index in [0.29, 0.717) is 13.0 Å². The molecular weight excluding hydrogens is 264 g/mol. The Labute approximate surface area is 124 Å². The van der Waals surface area contributed by atoms with Gasteiger partial charge >= 0.3 is 0 Å². The standard InChI is InChI=1S/C18H18O3/c1-20-14-7-5-13(6-8-14)11-12-21-18-4-2-3-15-16(18)9-10-17(15)19/h2-8H,9-12H2,1H3. The summed E-state index contributed by atoms with van der Waals surface area (Å²) in [4.78, 5) is 11.7. The maximum absolute atomic E-state index is 11.7. The van der Waals surface area contributed by atoms with Crippen molar-refractivity contribution in [1.82, 2.24) is 0 Å². The van der Waals surface area contributed by atoms with Crippen LogP contribution < -0.4 is 9.47 Å². The molecule has 108 valence electrons. The van der Waals surface area contributed by atoms with Crippen LogP contribution in [0.2, 0.25) is 0 Å². The van der Waals surface area contributed by atoms with Crippen molar-refractivity contribution in [3.05, 3.63) is 59.2 Å². The average molecular weight is 282 g/mol. The van der Waals surface area contributed by atoms with Crippen LogP contribution in [0.3, 0.4) is 0 Å². The summed E-state index contributed by atoms with van der Waals surface area (Å²) in [5, 5.41) is 0. The molecule has 0 fully saturated rings. The molecule has 0 aromatic heterocycles. The van der Waals surface area contributed by atoms with E-state index >= 15 is 0 Å². The molecule has 0 spiro atoms. The summed E-state index contributed by atoms with van der Waals surface area (Å²) in [6.07, 6.45) is 2.24. The van der Waals surface area contributed by atoms with Crippen LogP contribution in [-0.2, 0) is 12.8 Å². The average Bonchev–Trinajstić information content (AvgIpc) is 2.91. The first kappa shape index (κ1) is 13.7. The number of fused-ring (bicyclic) bond motifs is 1. The number of Topliss-reactive ketones (excluding diaryl/α,β-unsaturated/α-hetero) is 1. The molecular formula is C18H18O3. The number of benzene rings is 2. The first-order valence-electron chi connectivity index (χ1n) is 7.19. The monoisotopic (exact) mass is 282 g/mol. The molecule has 2 aromatic rings. The second-order valence-electron chi connectivity index (χ2n) is 5.15. The van der Waals surface area contributed by atoms with Gasteiger partial charge in [0.15, 0.2) is 5.78 Å². The van der Waals surface area contributed by atoms with E-state index in [9.17, 15) is 4.79 Å². The summed E-state index contributed by atoms with van der Waals surface area (Å²) in [5.74, 6) is 1.94. The number of rotatable bonds is 5. The highest BCUT2D eigenvalue weighted by atomic mass is 16.5. The minimum Gasteiger partial charge on any atom is -0.497 e. The van der Waals surface area contributed by atoms with Gasteiger partial charge in [0, 0.05) is 24.0 Å². The SMILES string of the molecule is COc1ccc(CCOc2cccc3c2CCC3=O)cc1. The Morgan fingerprint density at radius 3 is 2.62 bits per heavy atom. The molecule has 0 radical (unpaired) electrons. The predicted molar refractivity (Wildman–Crippen MR) is 81.3 cm³/mol. The van der Waals surface area contributed by atoms with Gasteiger partial charge in [0.1, 0.15) is 11.5 Å². The third-order valence-corrected chi connectivity index (χ3v) is 3.84. The van der Waals surface area contributed by atoms with E-state index in [1.54, 1.807) is 7.11 Å². The summed E-state index contributed by atoms with van der Waals surface area (Å²) in [6.45, 7) is 0.608. The molecule has 21 heavy (non-hydrogen) atoms. The van der Waals surface area contributed by atoms with Crippen LogP contribution in [-0.4, -0.2) is 19.5 Å². The molecule has 3 nitrogen and oxygen atoms in total. The lowest BCUT2D eigenvalue weighted by atomic mass is 10.1. The summed E-state index contributed by atoms with van der Waals surface area (Å²) in [5.41, 5.74) is 3.11. The fourth-order valence-electron chi connectivity index (χ4n) is 2.66. The van der Waals surface area contributed by atoms with Crippen molar-refractivity contribution in [2.75, 3.05) is 13.7 Å². The highest BCUT2D eigenvalue weighted by Gasteiger charge is 2.22. The highest BCUT2D eigenvalue weighted by molar-refractivity contribution is 6.01. The largest absolute Gasteiger partial charge is 0.497 e. The number of ether oxygens (including phenoxy) is 2. The molecule has 1 aliphatic rings. The number of hydrogen-bond acceptors (Lipinski definition) is 3. The highest BCUT2D eigenvalue weighted by Crippen LogP contribution is 2.30. The van der Waals surface area contributed by atoms with Crippen molar-refractivity contribution < 1.29 is 14.3 Å². The van der Waals surface area contributed by atoms with Crippen LogP contribution >= 0.6 is 0 Å². The Balaban J connectivity index is 1.62. The second-order valence-corrected chi connectivity index (χ2v) is 5.15. The lowest BCUT2D eigenvalue weighted by Gasteiger charge is -2.10. The van der Waals surface area contributed by atoms with E-state index < -0.39 is 0 Å². The molecule has 0 heterocycles. The zero-order valence-electron chi connectivity index (χ0n) is 12.1. The number of carbonyl (C=O) groups is 1. The van der Waals surface area contributed by atoms with E-state index in [2.05, 4.69) is 0 Å². The van der Waals surface area contributed by atoms with Crippen molar-refractivity contribution in [1.29, 1.82) is 0 Å². The maximum atomic E-state index is 11.7. The van der Waals surface area contributed by atoms with Crippen LogP contribution in [0.1, 0.15) is 27.9 Å². The molecule has 0 amide bonds. The molecule has 0 N–H and O–H groups in total. The zero-order valence-corrected chi connectivity index (χ0v) is 12.1. The molecule has 2 aromatic carbocycles. The summed E-state index contributed by atoms with van der Waals surface area (Å²) >= 11 is 0. The first-order valence-corrected chi connectivity index (χ1v) is 7.19. The summed E-state index contributed by atoms with van der Waals surface area (Å²) in [6, 6.07) is 13.7. The molecule has 0 saturated heterocycles. The summed E-state index contributed by atoms with van der Waals surface area (Å²) in [7, 11) is 1.66. The lowest BCUT2D eigenvalue weighted by molar-refractivity contribution is 0.0994. The number of hydrogen-bond donors (Lipinski definition) is 0. The molecule has 0 aliphatic heterocycles. The van der Waals surface area contributed by atoms with Crippen molar-refractivity contribution in [2.24, 2.45) is 0 Å². The fraction of sp³-hybridized carbons (Fsp3) is 0.278. The Morgan fingerprint density at radius 2 is 1.86 bits per heavy atom. The minimum atomic E-state index is 0.227. The Bertz CT molecular complexity index is 644. The number of methoxy groups -OCH3 is 1. The van der Waals surface area contributed by atoms with Gasteiger partial charge in [-0.3, -0.25) is 4.79 Å². The van der Waals surface area contributed by atoms with Gasteiger partial charge in [-0.05, 0) is 30.2 Å². The van der Waals surface area contributed by atoms with Gasteiger partial charge in [-0.2, -0.15) is 0 Å². The van der Waals surface area contributed by atoms with Gasteiger partial charge in [-0.1, -0.05) is 24.3 Å². The van der Waals surface area contributed by atoms with E-state index in [0.717, 1.165) is 35.5 Å². The molecule has 0 saturated carbocycles. The second kappa shape index (κ2) is 6.00. The molecule has 1 aliphatic carbocycles. The minimum absolute atomic E-state index is 0.227. The van der Waals surface area contributed by atoms with Gasteiger partial charge in [0.25, 0.3) is 0 Å². The van der Waals surface area contributed by atoms with Gasteiger partial charge in [0.05, 0.1) is 13.7 Å².